The van der Waals surface area contributed by atoms with E-state index in [1.165, 1.54) is 18.2 Å². The third-order valence-electron chi connectivity index (χ3n) is 6.55. The second-order valence-corrected chi connectivity index (χ2v) is 11.0. The lowest BCUT2D eigenvalue weighted by Gasteiger charge is -2.27. The summed E-state index contributed by atoms with van der Waals surface area (Å²) >= 11 is 24.7. The SMILES string of the molecule is CCOc1c(Cl)cc(C(=O)Oc2ccc3c(c2)OC(N)=C(C#N)C3c2ccc(OCc3ccc(Cl)cc3Cl)cc2)cc1Cl. The summed E-state index contributed by atoms with van der Waals surface area (Å²) in [6, 6.07) is 22.3. The van der Waals surface area contributed by atoms with Crippen LogP contribution in [0.3, 0.4) is 0 Å². The van der Waals surface area contributed by atoms with Crippen LogP contribution in [-0.4, -0.2) is 12.6 Å². The quantitative estimate of drug-likeness (QED) is 0.150. The van der Waals surface area contributed by atoms with Crippen LogP contribution in [0.2, 0.25) is 20.1 Å². The molecule has 1 heterocycles. The number of benzene rings is 4. The monoisotopic (exact) mass is 654 g/mol. The largest absolute Gasteiger partial charge is 0.491 e. The molecule has 11 heteroatoms. The van der Waals surface area contributed by atoms with Crippen LogP contribution in [-0.2, 0) is 6.61 Å². The molecule has 4 aromatic carbocycles. The molecule has 43 heavy (non-hydrogen) atoms. The van der Waals surface area contributed by atoms with E-state index in [1.807, 2.05) is 12.1 Å². The summed E-state index contributed by atoms with van der Waals surface area (Å²) in [5, 5.41) is 11.3. The molecule has 0 spiro atoms. The zero-order valence-corrected chi connectivity index (χ0v) is 25.5. The van der Waals surface area contributed by atoms with Gasteiger partial charge in [0.25, 0.3) is 0 Å². The molecule has 1 atom stereocenters. The molecule has 218 valence electrons. The predicted octanol–water partition coefficient (Wildman–Crippen LogP) is 8.72. The molecule has 0 saturated heterocycles. The first-order valence-electron chi connectivity index (χ1n) is 12.9. The van der Waals surface area contributed by atoms with Crippen molar-refractivity contribution in [2.45, 2.75) is 19.4 Å². The first-order valence-corrected chi connectivity index (χ1v) is 14.4. The van der Waals surface area contributed by atoms with Crippen molar-refractivity contribution in [1.29, 1.82) is 5.26 Å². The van der Waals surface area contributed by atoms with Crippen molar-refractivity contribution in [3.63, 3.8) is 0 Å². The van der Waals surface area contributed by atoms with Crippen molar-refractivity contribution in [1.82, 2.24) is 0 Å². The van der Waals surface area contributed by atoms with Crippen molar-refractivity contribution >= 4 is 52.4 Å². The Bertz CT molecular complexity index is 1760. The summed E-state index contributed by atoms with van der Waals surface area (Å²) in [4.78, 5) is 12.9. The number of allylic oxidation sites excluding steroid dienone is 1. The van der Waals surface area contributed by atoms with E-state index in [0.29, 0.717) is 33.7 Å². The molecule has 5 rings (SSSR count). The van der Waals surface area contributed by atoms with E-state index in [1.54, 1.807) is 49.4 Å². The average Bonchev–Trinajstić information content (AvgIpc) is 2.98. The van der Waals surface area contributed by atoms with Gasteiger partial charge in [0.1, 0.15) is 35.5 Å². The minimum atomic E-state index is -0.684. The smallest absolute Gasteiger partial charge is 0.343 e. The summed E-state index contributed by atoms with van der Waals surface area (Å²) in [6.45, 7) is 2.41. The van der Waals surface area contributed by atoms with E-state index in [2.05, 4.69) is 6.07 Å². The van der Waals surface area contributed by atoms with Gasteiger partial charge in [-0.3, -0.25) is 0 Å². The molecular formula is C32H22Cl4N2O5. The highest BCUT2D eigenvalue weighted by molar-refractivity contribution is 6.37. The molecule has 4 aromatic rings. The van der Waals surface area contributed by atoms with Crippen molar-refractivity contribution in [3.05, 3.63) is 127 Å². The van der Waals surface area contributed by atoms with Gasteiger partial charge in [0, 0.05) is 27.2 Å². The van der Waals surface area contributed by atoms with Gasteiger partial charge >= 0.3 is 5.97 Å². The number of carbonyl (C=O) groups is 1. The van der Waals surface area contributed by atoms with Crippen LogP contribution < -0.4 is 24.7 Å². The zero-order chi connectivity index (χ0) is 30.7. The molecule has 2 N–H and O–H groups in total. The fourth-order valence-electron chi connectivity index (χ4n) is 4.52. The van der Waals surface area contributed by atoms with Gasteiger partial charge < -0.3 is 24.7 Å². The minimum Gasteiger partial charge on any atom is -0.491 e. The summed E-state index contributed by atoms with van der Waals surface area (Å²) < 4.78 is 22.6. The van der Waals surface area contributed by atoms with Crippen molar-refractivity contribution in [3.8, 4) is 29.1 Å². The van der Waals surface area contributed by atoms with Gasteiger partial charge in [-0.05, 0) is 55.0 Å². The number of carbonyl (C=O) groups excluding carboxylic acids is 1. The van der Waals surface area contributed by atoms with Crippen LogP contribution in [0.25, 0.3) is 0 Å². The van der Waals surface area contributed by atoms with Crippen LogP contribution in [0.5, 0.6) is 23.0 Å². The first kappa shape index (κ1) is 30.4. The van der Waals surface area contributed by atoms with E-state index in [9.17, 15) is 10.1 Å². The van der Waals surface area contributed by atoms with Gasteiger partial charge in [0.2, 0.25) is 5.88 Å². The van der Waals surface area contributed by atoms with Crippen LogP contribution in [0.4, 0.5) is 0 Å². The van der Waals surface area contributed by atoms with E-state index in [4.69, 9.17) is 71.1 Å². The highest BCUT2D eigenvalue weighted by Gasteiger charge is 2.31. The van der Waals surface area contributed by atoms with Crippen LogP contribution in [0.15, 0.2) is 84.3 Å². The van der Waals surface area contributed by atoms with Crippen molar-refractivity contribution < 1.29 is 23.7 Å². The van der Waals surface area contributed by atoms with Crippen LogP contribution >= 0.6 is 46.4 Å². The number of esters is 1. The number of nitriles is 1. The van der Waals surface area contributed by atoms with E-state index < -0.39 is 11.9 Å². The standard InChI is InChI=1S/C32H22Cl4N2O5/c1-2-40-30-26(35)11-19(12-27(30)36)32(39)42-22-9-10-23-28(14-22)43-31(38)24(15-37)29(23)17-4-7-21(8-5-17)41-16-18-3-6-20(33)13-25(18)34/h3-14,29H,2,16,38H2,1H3. The molecular weight excluding hydrogens is 634 g/mol. The number of rotatable bonds is 8. The van der Waals surface area contributed by atoms with Gasteiger partial charge in [0.15, 0.2) is 5.75 Å². The summed E-state index contributed by atoms with van der Waals surface area (Å²) in [6.07, 6.45) is 0. The normalized spacial score (nSPS) is 13.9. The predicted molar refractivity (Wildman–Crippen MR) is 166 cm³/mol. The highest BCUT2D eigenvalue weighted by Crippen LogP contribution is 2.44. The van der Waals surface area contributed by atoms with Crippen LogP contribution in [0.1, 0.15) is 39.9 Å². The molecule has 0 aliphatic carbocycles. The lowest BCUT2D eigenvalue weighted by molar-refractivity contribution is 0.0734. The molecule has 0 radical (unpaired) electrons. The van der Waals surface area contributed by atoms with Gasteiger partial charge in [-0.2, -0.15) is 5.26 Å². The maximum Gasteiger partial charge on any atom is 0.343 e. The Morgan fingerprint density at radius 2 is 1.60 bits per heavy atom. The number of ether oxygens (including phenoxy) is 4. The molecule has 1 aliphatic heterocycles. The Morgan fingerprint density at radius 1 is 0.907 bits per heavy atom. The Hall–Kier alpha value is -4.06. The molecule has 0 fully saturated rings. The lowest BCUT2D eigenvalue weighted by atomic mass is 9.83. The Morgan fingerprint density at radius 3 is 2.26 bits per heavy atom. The van der Waals surface area contributed by atoms with Gasteiger partial charge in [0.05, 0.1) is 28.1 Å². The van der Waals surface area contributed by atoms with Crippen molar-refractivity contribution in [2.75, 3.05) is 6.61 Å². The molecule has 0 aromatic heterocycles. The maximum atomic E-state index is 12.9. The van der Waals surface area contributed by atoms with Crippen molar-refractivity contribution in [2.24, 2.45) is 5.73 Å². The molecule has 0 amide bonds. The first-order chi connectivity index (χ1) is 20.7. The number of nitrogens with two attached hydrogens (primary N) is 1. The number of nitrogens with zero attached hydrogens (tertiary/aromatic N) is 1. The number of halogens is 4. The lowest BCUT2D eigenvalue weighted by Crippen LogP contribution is -2.21. The zero-order valence-electron chi connectivity index (χ0n) is 22.5. The Labute approximate surface area is 267 Å². The van der Waals surface area contributed by atoms with E-state index in [-0.39, 0.29) is 45.2 Å². The topological polar surface area (TPSA) is 104 Å². The summed E-state index contributed by atoms with van der Waals surface area (Å²) in [5.74, 6) is 0.170. The summed E-state index contributed by atoms with van der Waals surface area (Å²) in [7, 11) is 0. The Kier molecular flexibility index (Phi) is 9.24. The number of hydrogen-bond acceptors (Lipinski definition) is 7. The van der Waals surface area contributed by atoms with Crippen LogP contribution in [0, 0.1) is 11.3 Å². The molecule has 0 saturated carbocycles. The van der Waals surface area contributed by atoms with Gasteiger partial charge in [-0.15, -0.1) is 0 Å². The molecule has 7 nitrogen and oxygen atoms in total. The fraction of sp³-hybridized carbons (Fsp3) is 0.125. The number of hydrogen-bond donors (Lipinski definition) is 1. The minimum absolute atomic E-state index is 0.0498. The third-order valence-corrected chi connectivity index (χ3v) is 7.70. The van der Waals surface area contributed by atoms with Gasteiger partial charge in [-0.1, -0.05) is 70.7 Å². The van der Waals surface area contributed by atoms with E-state index >= 15 is 0 Å². The van der Waals surface area contributed by atoms with E-state index in [0.717, 1.165) is 11.1 Å². The van der Waals surface area contributed by atoms with Gasteiger partial charge in [-0.25, -0.2) is 4.79 Å². The summed E-state index contributed by atoms with van der Waals surface area (Å²) in [5.41, 5.74) is 8.78. The maximum absolute atomic E-state index is 12.9. The fourth-order valence-corrected chi connectivity index (χ4v) is 5.58. The third kappa shape index (κ3) is 6.64. The average molecular weight is 656 g/mol. The molecule has 0 bridgehead atoms. The Balaban J connectivity index is 1.36. The molecule has 1 unspecified atom stereocenters. The highest BCUT2D eigenvalue weighted by atomic mass is 35.5. The second kappa shape index (κ2) is 13.1. The number of fused-ring (bicyclic) bond motifs is 1. The second-order valence-electron chi connectivity index (χ2n) is 9.31. The molecule has 1 aliphatic rings.